The molecule has 1 aliphatic rings. The largest absolute Gasteiger partial charge is 0.457 e. The predicted molar refractivity (Wildman–Crippen MR) is 96.4 cm³/mol. The van der Waals surface area contributed by atoms with Crippen LogP contribution in [0.4, 0.5) is 0 Å². The summed E-state index contributed by atoms with van der Waals surface area (Å²) < 4.78 is 12.3. The lowest BCUT2D eigenvalue weighted by atomic mass is 10.2. The molecule has 6 nitrogen and oxygen atoms in total. The highest BCUT2D eigenvalue weighted by Crippen LogP contribution is 2.31. The van der Waals surface area contributed by atoms with Crippen molar-refractivity contribution in [1.82, 2.24) is 15.6 Å². The minimum atomic E-state index is -0.0130. The van der Waals surface area contributed by atoms with Crippen LogP contribution in [0.1, 0.15) is 12.2 Å². The van der Waals surface area contributed by atoms with Crippen LogP contribution in [-0.2, 0) is 16.1 Å². The molecule has 1 atom stereocenters. The predicted octanol–water partition coefficient (Wildman–Crippen LogP) is 2.55. The molecule has 2 aromatic heterocycles. The van der Waals surface area contributed by atoms with Gasteiger partial charge in [0, 0.05) is 19.0 Å². The Labute approximate surface area is 149 Å². The fraction of sp³-hybridized carbons (Fsp3) is 0.333. The second-order valence-corrected chi connectivity index (χ2v) is 6.99. The topological polar surface area (TPSA) is 76.4 Å². The SMILES string of the molecule is O=C(CC1COCCN1)NCc1ccc(-c2nc3ccccc3s2)o1. The molecule has 130 valence electrons. The Balaban J connectivity index is 1.35. The second-order valence-electron chi connectivity index (χ2n) is 5.96. The summed E-state index contributed by atoms with van der Waals surface area (Å²) in [6, 6.07) is 11.9. The van der Waals surface area contributed by atoms with Gasteiger partial charge < -0.3 is 19.8 Å². The number of hydrogen-bond acceptors (Lipinski definition) is 6. The van der Waals surface area contributed by atoms with Crippen LogP contribution in [-0.4, -0.2) is 36.7 Å². The summed E-state index contributed by atoms with van der Waals surface area (Å²) in [7, 11) is 0. The molecule has 3 aromatic rings. The minimum Gasteiger partial charge on any atom is -0.457 e. The monoisotopic (exact) mass is 357 g/mol. The Morgan fingerprint density at radius 3 is 3.08 bits per heavy atom. The van der Waals surface area contributed by atoms with Gasteiger partial charge in [-0.3, -0.25) is 4.79 Å². The quantitative estimate of drug-likeness (QED) is 0.734. The molecule has 0 aliphatic carbocycles. The summed E-state index contributed by atoms with van der Waals surface area (Å²) in [5, 5.41) is 7.01. The van der Waals surface area contributed by atoms with E-state index in [1.165, 1.54) is 0 Å². The molecule has 4 rings (SSSR count). The zero-order chi connectivity index (χ0) is 17.1. The molecule has 25 heavy (non-hydrogen) atoms. The molecule has 3 heterocycles. The van der Waals surface area contributed by atoms with E-state index < -0.39 is 0 Å². The number of rotatable bonds is 5. The van der Waals surface area contributed by atoms with Crippen LogP contribution in [0.15, 0.2) is 40.8 Å². The van der Waals surface area contributed by atoms with Crippen LogP contribution in [0, 0.1) is 0 Å². The number of aromatic nitrogens is 1. The van der Waals surface area contributed by atoms with Crippen molar-refractivity contribution in [2.24, 2.45) is 0 Å². The lowest BCUT2D eigenvalue weighted by Crippen LogP contribution is -2.44. The highest BCUT2D eigenvalue weighted by molar-refractivity contribution is 7.21. The number of hydrogen-bond donors (Lipinski definition) is 2. The Bertz CT molecular complexity index is 834. The third-order valence-electron chi connectivity index (χ3n) is 4.06. The molecular weight excluding hydrogens is 338 g/mol. The Morgan fingerprint density at radius 1 is 1.32 bits per heavy atom. The Hall–Kier alpha value is -2.22. The maximum atomic E-state index is 12.0. The molecule has 0 spiro atoms. The van der Waals surface area contributed by atoms with Gasteiger partial charge in [-0.15, -0.1) is 11.3 Å². The molecule has 1 fully saturated rings. The highest BCUT2D eigenvalue weighted by Gasteiger charge is 2.17. The van der Waals surface area contributed by atoms with E-state index in [-0.39, 0.29) is 11.9 Å². The number of nitrogens with zero attached hydrogens (tertiary/aromatic N) is 1. The average Bonchev–Trinajstić information content (AvgIpc) is 3.27. The summed E-state index contributed by atoms with van der Waals surface area (Å²) >= 11 is 1.60. The molecular formula is C18H19N3O3S. The number of para-hydroxylation sites is 1. The molecule has 7 heteroatoms. The van der Waals surface area contributed by atoms with E-state index >= 15 is 0 Å². The van der Waals surface area contributed by atoms with Crippen LogP contribution < -0.4 is 10.6 Å². The molecule has 1 saturated heterocycles. The smallest absolute Gasteiger partial charge is 0.222 e. The van der Waals surface area contributed by atoms with E-state index in [1.54, 1.807) is 11.3 Å². The van der Waals surface area contributed by atoms with Crippen molar-refractivity contribution in [3.8, 4) is 10.8 Å². The van der Waals surface area contributed by atoms with E-state index in [9.17, 15) is 4.79 Å². The van der Waals surface area contributed by atoms with Gasteiger partial charge in [0.25, 0.3) is 0 Å². The normalized spacial score (nSPS) is 17.7. The fourth-order valence-corrected chi connectivity index (χ4v) is 3.73. The van der Waals surface area contributed by atoms with Crippen molar-refractivity contribution >= 4 is 27.5 Å². The van der Waals surface area contributed by atoms with Crippen LogP contribution in [0.5, 0.6) is 0 Å². The zero-order valence-corrected chi connectivity index (χ0v) is 14.5. The van der Waals surface area contributed by atoms with Gasteiger partial charge in [-0.25, -0.2) is 4.98 Å². The zero-order valence-electron chi connectivity index (χ0n) is 13.7. The van der Waals surface area contributed by atoms with Crippen LogP contribution >= 0.6 is 11.3 Å². The van der Waals surface area contributed by atoms with Crippen molar-refractivity contribution in [3.63, 3.8) is 0 Å². The summed E-state index contributed by atoms with van der Waals surface area (Å²) in [4.78, 5) is 16.6. The molecule has 1 aromatic carbocycles. The highest BCUT2D eigenvalue weighted by atomic mass is 32.1. The first-order valence-electron chi connectivity index (χ1n) is 8.30. The first-order valence-corrected chi connectivity index (χ1v) is 9.12. The lowest BCUT2D eigenvalue weighted by Gasteiger charge is -2.23. The standard InChI is InChI=1S/C18H19N3O3S/c22-17(9-12-11-23-8-7-19-12)20-10-13-5-6-15(24-13)18-21-14-3-1-2-4-16(14)25-18/h1-6,12,19H,7-11H2,(H,20,22). The van der Waals surface area contributed by atoms with Crippen molar-refractivity contribution < 1.29 is 13.9 Å². The minimum absolute atomic E-state index is 0.0130. The number of nitrogens with one attached hydrogen (secondary N) is 2. The fourth-order valence-electron chi connectivity index (χ4n) is 2.80. The number of amides is 1. The number of carbonyl (C=O) groups excluding carboxylic acids is 1. The molecule has 2 N–H and O–H groups in total. The van der Waals surface area contributed by atoms with Crippen LogP contribution in [0.2, 0.25) is 0 Å². The van der Waals surface area contributed by atoms with Gasteiger partial charge in [0.1, 0.15) is 5.76 Å². The van der Waals surface area contributed by atoms with Crippen LogP contribution in [0.3, 0.4) is 0 Å². The average molecular weight is 357 g/mol. The molecule has 1 aliphatic heterocycles. The number of carbonyl (C=O) groups is 1. The van der Waals surface area contributed by atoms with E-state index in [0.717, 1.165) is 33.3 Å². The number of fused-ring (bicyclic) bond motifs is 1. The van der Waals surface area contributed by atoms with Crippen LogP contribution in [0.25, 0.3) is 21.0 Å². The molecule has 1 unspecified atom stereocenters. The third-order valence-corrected chi connectivity index (χ3v) is 5.11. The van der Waals surface area contributed by atoms with E-state index in [0.29, 0.717) is 26.2 Å². The van der Waals surface area contributed by atoms with Gasteiger partial charge in [-0.1, -0.05) is 12.1 Å². The summed E-state index contributed by atoms with van der Waals surface area (Å²) in [6.45, 7) is 2.45. The Kier molecular flexibility index (Phi) is 4.78. The second kappa shape index (κ2) is 7.35. The van der Waals surface area contributed by atoms with E-state index in [1.807, 2.05) is 36.4 Å². The number of morpholine rings is 1. The van der Waals surface area contributed by atoms with Gasteiger partial charge >= 0.3 is 0 Å². The molecule has 0 bridgehead atoms. The van der Waals surface area contributed by atoms with Gasteiger partial charge in [0.15, 0.2) is 10.8 Å². The summed E-state index contributed by atoms with van der Waals surface area (Å²) in [5.41, 5.74) is 0.968. The van der Waals surface area contributed by atoms with Gasteiger partial charge in [-0.2, -0.15) is 0 Å². The molecule has 1 amide bonds. The molecule has 0 radical (unpaired) electrons. The third kappa shape index (κ3) is 3.89. The summed E-state index contributed by atoms with van der Waals surface area (Å²) in [5.74, 6) is 1.43. The Morgan fingerprint density at radius 2 is 2.24 bits per heavy atom. The maximum Gasteiger partial charge on any atom is 0.222 e. The summed E-state index contributed by atoms with van der Waals surface area (Å²) in [6.07, 6.45) is 0.408. The van der Waals surface area contributed by atoms with E-state index in [2.05, 4.69) is 15.6 Å². The number of furan rings is 1. The number of ether oxygens (including phenoxy) is 1. The maximum absolute atomic E-state index is 12.0. The number of thiazole rings is 1. The van der Waals surface area contributed by atoms with Crippen molar-refractivity contribution in [1.29, 1.82) is 0 Å². The van der Waals surface area contributed by atoms with Gasteiger partial charge in [0.2, 0.25) is 5.91 Å². The number of benzene rings is 1. The van der Waals surface area contributed by atoms with Gasteiger partial charge in [-0.05, 0) is 24.3 Å². The van der Waals surface area contributed by atoms with Crippen molar-refractivity contribution in [2.75, 3.05) is 19.8 Å². The van der Waals surface area contributed by atoms with Gasteiger partial charge in [0.05, 0.1) is 30.0 Å². The van der Waals surface area contributed by atoms with Crippen molar-refractivity contribution in [3.05, 3.63) is 42.2 Å². The lowest BCUT2D eigenvalue weighted by molar-refractivity contribution is -0.122. The first-order chi connectivity index (χ1) is 12.3. The van der Waals surface area contributed by atoms with Crippen molar-refractivity contribution in [2.45, 2.75) is 19.0 Å². The van der Waals surface area contributed by atoms with E-state index in [4.69, 9.17) is 9.15 Å². The first kappa shape index (κ1) is 16.3. The molecule has 0 saturated carbocycles.